The van der Waals surface area contributed by atoms with Gasteiger partial charge in [0.1, 0.15) is 13.2 Å². The lowest BCUT2D eigenvalue weighted by Crippen LogP contribution is -2.35. The number of hydrogen-bond donors (Lipinski definition) is 2. The van der Waals surface area contributed by atoms with E-state index in [-0.39, 0.29) is 18.5 Å². The molecular weight excluding hydrogens is 248 g/mol. The summed E-state index contributed by atoms with van der Waals surface area (Å²) in [4.78, 5) is 21.0. The minimum atomic E-state index is -0.325. The molecule has 0 rings (SSSR count). The zero-order valence-corrected chi connectivity index (χ0v) is 10.9. The topological polar surface area (TPSA) is 76.7 Å². The van der Waals surface area contributed by atoms with E-state index in [0.717, 1.165) is 12.2 Å². The highest BCUT2D eigenvalue weighted by Gasteiger charge is 1.93. The van der Waals surface area contributed by atoms with Gasteiger partial charge in [0.05, 0.1) is 19.2 Å². The van der Waals surface area contributed by atoms with Crippen molar-refractivity contribution in [3.63, 3.8) is 0 Å². The lowest BCUT2D eigenvalue weighted by Gasteiger charge is -2.01. The van der Waals surface area contributed by atoms with Crippen LogP contribution in [0.5, 0.6) is 0 Å². The SMILES string of the molecule is C=CC(=O)NCNC(=O)C=C.C=COCCOC=C. The van der Waals surface area contributed by atoms with Gasteiger partial charge in [0.25, 0.3) is 0 Å². The Morgan fingerprint density at radius 3 is 1.47 bits per heavy atom. The Morgan fingerprint density at radius 2 is 1.21 bits per heavy atom. The molecule has 0 heterocycles. The fourth-order valence-corrected chi connectivity index (χ4v) is 0.626. The molecule has 0 aromatic heterocycles. The zero-order valence-electron chi connectivity index (χ0n) is 10.9. The van der Waals surface area contributed by atoms with Crippen LogP contribution >= 0.6 is 0 Å². The smallest absolute Gasteiger partial charge is 0.244 e. The summed E-state index contributed by atoms with van der Waals surface area (Å²) in [5.41, 5.74) is 0. The average molecular weight is 268 g/mol. The molecule has 6 heteroatoms. The van der Waals surface area contributed by atoms with Crippen molar-refractivity contribution in [2.75, 3.05) is 19.9 Å². The van der Waals surface area contributed by atoms with E-state index in [1.165, 1.54) is 12.5 Å². The maximum Gasteiger partial charge on any atom is 0.244 e. The van der Waals surface area contributed by atoms with Gasteiger partial charge >= 0.3 is 0 Å². The van der Waals surface area contributed by atoms with Gasteiger partial charge in [-0.05, 0) is 12.2 Å². The fourth-order valence-electron chi connectivity index (χ4n) is 0.626. The third kappa shape index (κ3) is 18.1. The molecule has 0 atom stereocenters. The van der Waals surface area contributed by atoms with Crippen molar-refractivity contribution < 1.29 is 19.1 Å². The third-order valence-corrected chi connectivity index (χ3v) is 1.45. The minimum Gasteiger partial charge on any atom is -0.498 e. The van der Waals surface area contributed by atoms with Crippen LogP contribution in [0.1, 0.15) is 0 Å². The van der Waals surface area contributed by atoms with Crippen LogP contribution in [-0.2, 0) is 19.1 Å². The third-order valence-electron chi connectivity index (χ3n) is 1.45. The molecule has 0 saturated heterocycles. The van der Waals surface area contributed by atoms with E-state index in [1.54, 1.807) is 0 Å². The lowest BCUT2D eigenvalue weighted by molar-refractivity contribution is -0.118. The standard InChI is InChI=1S/C7H10N2O2.C6H10O2/c1-3-6(10)8-5-9-7(11)4-2;1-3-7-5-6-8-4-2/h3-4H,1-2,5H2,(H,8,10)(H,9,11);3-4H,1-2,5-6H2. The fraction of sp³-hybridized carbons (Fsp3) is 0.231. The molecule has 106 valence electrons. The summed E-state index contributed by atoms with van der Waals surface area (Å²) in [7, 11) is 0. The maximum absolute atomic E-state index is 10.5. The van der Waals surface area contributed by atoms with Gasteiger partial charge in [-0.3, -0.25) is 9.59 Å². The normalized spacial score (nSPS) is 7.79. The summed E-state index contributed by atoms with van der Waals surface area (Å²) < 4.78 is 9.45. The quantitative estimate of drug-likeness (QED) is 0.281. The summed E-state index contributed by atoms with van der Waals surface area (Å²) in [6.45, 7) is 14.3. The summed E-state index contributed by atoms with van der Waals surface area (Å²) in [5, 5.41) is 4.72. The average Bonchev–Trinajstić information content (AvgIpc) is 2.44. The highest BCUT2D eigenvalue weighted by atomic mass is 16.5. The number of amides is 2. The van der Waals surface area contributed by atoms with E-state index >= 15 is 0 Å². The second-order valence-electron chi connectivity index (χ2n) is 2.74. The van der Waals surface area contributed by atoms with E-state index in [1.807, 2.05) is 0 Å². The molecule has 0 spiro atoms. The molecule has 0 aliphatic carbocycles. The van der Waals surface area contributed by atoms with Crippen LogP contribution in [0.15, 0.2) is 51.0 Å². The number of ether oxygens (including phenoxy) is 2. The van der Waals surface area contributed by atoms with Crippen LogP contribution in [0.4, 0.5) is 0 Å². The Hall–Kier alpha value is -2.50. The van der Waals surface area contributed by atoms with Crippen molar-refractivity contribution >= 4 is 11.8 Å². The van der Waals surface area contributed by atoms with Gasteiger partial charge in [-0.15, -0.1) is 0 Å². The first-order valence-corrected chi connectivity index (χ1v) is 5.37. The van der Waals surface area contributed by atoms with Crippen LogP contribution in [0, 0.1) is 0 Å². The molecule has 0 saturated carbocycles. The van der Waals surface area contributed by atoms with Crippen molar-refractivity contribution in [1.29, 1.82) is 0 Å². The van der Waals surface area contributed by atoms with Crippen molar-refractivity contribution in [2.45, 2.75) is 0 Å². The summed E-state index contributed by atoms with van der Waals surface area (Å²) in [5.74, 6) is -0.649. The van der Waals surface area contributed by atoms with Gasteiger partial charge < -0.3 is 20.1 Å². The molecule has 2 amide bonds. The van der Waals surface area contributed by atoms with Gasteiger partial charge in [-0.1, -0.05) is 26.3 Å². The monoisotopic (exact) mass is 268 g/mol. The summed E-state index contributed by atoms with van der Waals surface area (Å²) in [6.07, 6.45) is 5.01. The van der Waals surface area contributed by atoms with Gasteiger partial charge in [0, 0.05) is 0 Å². The molecular formula is C13H20N2O4. The molecule has 0 fully saturated rings. The largest absolute Gasteiger partial charge is 0.498 e. The predicted molar refractivity (Wildman–Crippen MR) is 73.8 cm³/mol. The van der Waals surface area contributed by atoms with Crippen LogP contribution in [0.2, 0.25) is 0 Å². The Kier molecular flexibility index (Phi) is 15.4. The number of rotatable bonds is 9. The second-order valence-corrected chi connectivity index (χ2v) is 2.74. The lowest BCUT2D eigenvalue weighted by atomic mass is 10.5. The molecule has 0 aliphatic heterocycles. The summed E-state index contributed by atoms with van der Waals surface area (Å²) >= 11 is 0. The molecule has 19 heavy (non-hydrogen) atoms. The van der Waals surface area contributed by atoms with E-state index in [4.69, 9.17) is 9.47 Å². The Bertz CT molecular complexity index is 284. The minimum absolute atomic E-state index is 0.0930. The molecule has 0 aromatic carbocycles. The molecule has 0 bridgehead atoms. The van der Waals surface area contributed by atoms with Crippen LogP contribution in [0.25, 0.3) is 0 Å². The van der Waals surface area contributed by atoms with Crippen molar-refractivity contribution in [3.8, 4) is 0 Å². The number of carbonyl (C=O) groups is 2. The molecule has 0 radical (unpaired) electrons. The second kappa shape index (κ2) is 15.5. The summed E-state index contributed by atoms with van der Waals surface area (Å²) in [6, 6.07) is 0. The van der Waals surface area contributed by atoms with Gasteiger partial charge in [-0.2, -0.15) is 0 Å². The van der Waals surface area contributed by atoms with Gasteiger partial charge in [-0.25, -0.2) is 0 Å². The van der Waals surface area contributed by atoms with E-state index < -0.39 is 0 Å². The Morgan fingerprint density at radius 1 is 0.842 bits per heavy atom. The number of nitrogens with one attached hydrogen (secondary N) is 2. The van der Waals surface area contributed by atoms with Crippen LogP contribution in [-0.4, -0.2) is 31.7 Å². The Balaban J connectivity index is 0. The van der Waals surface area contributed by atoms with Crippen molar-refractivity contribution in [3.05, 3.63) is 51.0 Å². The van der Waals surface area contributed by atoms with E-state index in [9.17, 15) is 9.59 Å². The van der Waals surface area contributed by atoms with E-state index in [0.29, 0.717) is 13.2 Å². The number of carbonyl (C=O) groups excluding carboxylic acids is 2. The molecule has 0 unspecified atom stereocenters. The van der Waals surface area contributed by atoms with Gasteiger partial charge in [0.15, 0.2) is 0 Å². The predicted octanol–water partition coefficient (Wildman–Crippen LogP) is 0.855. The first-order chi connectivity index (χ1) is 9.12. The highest BCUT2D eigenvalue weighted by Crippen LogP contribution is 1.76. The molecule has 2 N–H and O–H groups in total. The number of hydrogen-bond acceptors (Lipinski definition) is 4. The van der Waals surface area contributed by atoms with Crippen molar-refractivity contribution in [2.24, 2.45) is 0 Å². The van der Waals surface area contributed by atoms with E-state index in [2.05, 4.69) is 36.9 Å². The van der Waals surface area contributed by atoms with Crippen LogP contribution < -0.4 is 10.6 Å². The molecule has 0 aromatic rings. The molecule has 0 aliphatic rings. The Labute approximate surface area is 113 Å². The zero-order chi connectivity index (χ0) is 14.9. The van der Waals surface area contributed by atoms with Crippen LogP contribution in [0.3, 0.4) is 0 Å². The van der Waals surface area contributed by atoms with Gasteiger partial charge in [0.2, 0.25) is 11.8 Å². The maximum atomic E-state index is 10.5. The highest BCUT2D eigenvalue weighted by molar-refractivity contribution is 5.89. The van der Waals surface area contributed by atoms with Crippen molar-refractivity contribution in [1.82, 2.24) is 10.6 Å². The first kappa shape index (κ1) is 18.9. The molecule has 6 nitrogen and oxygen atoms in total. The first-order valence-electron chi connectivity index (χ1n) is 5.37.